The van der Waals surface area contributed by atoms with E-state index in [0.29, 0.717) is 5.29 Å². The number of nitrogens with zero attached hydrogens (tertiary/aromatic N) is 3. The van der Waals surface area contributed by atoms with E-state index < -0.39 is 0 Å². The number of nitrogens with one attached hydrogen (secondary N) is 1. The van der Waals surface area contributed by atoms with Crippen molar-refractivity contribution in [3.8, 4) is 0 Å². The van der Waals surface area contributed by atoms with Crippen LogP contribution in [0.3, 0.4) is 0 Å². The van der Waals surface area contributed by atoms with Crippen molar-refractivity contribution < 1.29 is 0 Å². The SMILES string of the molecule is CSC1N=C(Cl)n2nccc2N1. The van der Waals surface area contributed by atoms with Gasteiger partial charge in [0.2, 0.25) is 5.29 Å². The first-order chi connectivity index (χ1) is 5.81. The molecule has 0 radical (unpaired) electrons. The maximum atomic E-state index is 5.86. The predicted molar refractivity (Wildman–Crippen MR) is 51.8 cm³/mol. The Kier molecular flexibility index (Phi) is 1.98. The van der Waals surface area contributed by atoms with Crippen molar-refractivity contribution in [1.29, 1.82) is 0 Å². The highest BCUT2D eigenvalue weighted by Gasteiger charge is 2.17. The molecule has 1 atom stereocenters. The summed E-state index contributed by atoms with van der Waals surface area (Å²) < 4.78 is 1.56. The van der Waals surface area contributed by atoms with Crippen LogP contribution in [0.25, 0.3) is 0 Å². The molecule has 0 aliphatic carbocycles. The highest BCUT2D eigenvalue weighted by atomic mass is 35.5. The van der Waals surface area contributed by atoms with Crippen molar-refractivity contribution in [3.63, 3.8) is 0 Å². The summed E-state index contributed by atoms with van der Waals surface area (Å²) in [5, 5.41) is 7.55. The fourth-order valence-electron chi connectivity index (χ4n) is 0.982. The second-order valence-electron chi connectivity index (χ2n) is 2.26. The average molecular weight is 203 g/mol. The van der Waals surface area contributed by atoms with Gasteiger partial charge in [0.05, 0.1) is 6.20 Å². The molecule has 0 saturated carbocycles. The zero-order valence-electron chi connectivity index (χ0n) is 6.36. The topological polar surface area (TPSA) is 42.2 Å². The molecule has 0 fully saturated rings. The molecule has 1 aromatic heterocycles. The Morgan fingerprint density at radius 2 is 2.58 bits per heavy atom. The van der Waals surface area contributed by atoms with Crippen LogP contribution in [0.1, 0.15) is 0 Å². The van der Waals surface area contributed by atoms with Crippen molar-refractivity contribution in [2.45, 2.75) is 5.50 Å². The molecule has 12 heavy (non-hydrogen) atoms. The lowest BCUT2D eigenvalue weighted by atomic mass is 10.6. The van der Waals surface area contributed by atoms with E-state index in [-0.39, 0.29) is 5.50 Å². The van der Waals surface area contributed by atoms with Crippen molar-refractivity contribution in [2.75, 3.05) is 11.6 Å². The van der Waals surface area contributed by atoms with E-state index in [1.165, 1.54) is 0 Å². The summed E-state index contributed by atoms with van der Waals surface area (Å²) in [6, 6.07) is 1.86. The minimum absolute atomic E-state index is 0.00157. The minimum atomic E-state index is 0.00157. The van der Waals surface area contributed by atoms with Crippen molar-refractivity contribution in [2.24, 2.45) is 4.99 Å². The lowest BCUT2D eigenvalue weighted by Gasteiger charge is -2.19. The normalized spacial score (nSPS) is 21.2. The Balaban J connectivity index is 2.38. The summed E-state index contributed by atoms with van der Waals surface area (Å²) >= 11 is 7.45. The van der Waals surface area contributed by atoms with Crippen LogP contribution in [0.2, 0.25) is 0 Å². The lowest BCUT2D eigenvalue weighted by Crippen LogP contribution is -2.25. The molecule has 0 amide bonds. The molecule has 0 spiro atoms. The smallest absolute Gasteiger partial charge is 0.223 e. The molecule has 0 bridgehead atoms. The lowest BCUT2D eigenvalue weighted by molar-refractivity contribution is 0.878. The van der Waals surface area contributed by atoms with Gasteiger partial charge >= 0.3 is 0 Å². The van der Waals surface area contributed by atoms with Crippen LogP contribution in [0, 0.1) is 0 Å². The third kappa shape index (κ3) is 1.19. The molecule has 1 aromatic rings. The number of hydrogen-bond donors (Lipinski definition) is 1. The van der Waals surface area contributed by atoms with Crippen LogP contribution >= 0.6 is 23.4 Å². The number of aromatic nitrogens is 2. The van der Waals surface area contributed by atoms with Crippen molar-refractivity contribution in [3.05, 3.63) is 12.3 Å². The predicted octanol–water partition coefficient (Wildman–Crippen LogP) is 1.40. The Bertz CT molecular complexity index is 321. The van der Waals surface area contributed by atoms with Gasteiger partial charge in [-0.3, -0.25) is 0 Å². The Labute approximate surface area is 79.0 Å². The molecule has 1 N–H and O–H groups in total. The van der Waals surface area contributed by atoms with E-state index in [2.05, 4.69) is 15.4 Å². The van der Waals surface area contributed by atoms with Crippen molar-refractivity contribution >= 4 is 34.5 Å². The average Bonchev–Trinajstić information content (AvgIpc) is 2.52. The Hall–Kier alpha value is -0.680. The van der Waals surface area contributed by atoms with Crippen LogP contribution in [0.4, 0.5) is 5.82 Å². The van der Waals surface area contributed by atoms with E-state index in [4.69, 9.17) is 11.6 Å². The number of fused-ring (bicyclic) bond motifs is 1. The number of rotatable bonds is 1. The van der Waals surface area contributed by atoms with Gasteiger partial charge in [-0.2, -0.15) is 9.78 Å². The van der Waals surface area contributed by atoms with Gasteiger partial charge in [-0.15, -0.1) is 11.8 Å². The highest BCUT2D eigenvalue weighted by molar-refractivity contribution is 7.99. The van der Waals surface area contributed by atoms with E-state index in [0.717, 1.165) is 5.82 Å². The Morgan fingerprint density at radius 1 is 1.75 bits per heavy atom. The monoisotopic (exact) mass is 202 g/mol. The van der Waals surface area contributed by atoms with Crippen LogP contribution in [-0.4, -0.2) is 26.8 Å². The van der Waals surface area contributed by atoms with Gasteiger partial charge < -0.3 is 5.32 Å². The number of halogens is 1. The molecular formula is C6H7ClN4S. The number of anilines is 1. The maximum Gasteiger partial charge on any atom is 0.223 e. The van der Waals surface area contributed by atoms with Gasteiger partial charge in [0.1, 0.15) is 5.82 Å². The fourth-order valence-corrected chi connectivity index (χ4v) is 1.72. The third-order valence-corrected chi connectivity index (χ3v) is 2.46. The summed E-state index contributed by atoms with van der Waals surface area (Å²) in [4.78, 5) is 4.15. The summed E-state index contributed by atoms with van der Waals surface area (Å²) in [5.74, 6) is 0.884. The zero-order valence-corrected chi connectivity index (χ0v) is 7.93. The molecule has 4 nitrogen and oxygen atoms in total. The van der Waals surface area contributed by atoms with Gasteiger partial charge in [-0.1, -0.05) is 0 Å². The zero-order chi connectivity index (χ0) is 8.55. The van der Waals surface area contributed by atoms with E-state index in [1.54, 1.807) is 22.6 Å². The molecule has 1 aliphatic heterocycles. The summed E-state index contributed by atoms with van der Waals surface area (Å²) in [6.07, 6.45) is 3.65. The number of hydrogen-bond acceptors (Lipinski definition) is 4. The molecule has 1 unspecified atom stereocenters. The molecule has 1 aliphatic rings. The fraction of sp³-hybridized carbons (Fsp3) is 0.333. The first-order valence-corrected chi connectivity index (χ1v) is 5.05. The first kappa shape index (κ1) is 7.94. The molecule has 64 valence electrons. The maximum absolute atomic E-state index is 5.86. The molecule has 0 saturated heterocycles. The van der Waals surface area contributed by atoms with E-state index >= 15 is 0 Å². The van der Waals surface area contributed by atoms with Crippen molar-refractivity contribution in [1.82, 2.24) is 9.78 Å². The van der Waals surface area contributed by atoms with Gasteiger partial charge in [0.15, 0.2) is 5.50 Å². The van der Waals surface area contributed by atoms with Crippen LogP contribution in [0.5, 0.6) is 0 Å². The summed E-state index contributed by atoms with van der Waals surface area (Å²) in [5.41, 5.74) is 0.00157. The van der Waals surface area contributed by atoms with E-state index in [1.807, 2.05) is 12.3 Å². The van der Waals surface area contributed by atoms with Gasteiger partial charge in [-0.05, 0) is 17.9 Å². The van der Waals surface area contributed by atoms with Gasteiger partial charge in [0.25, 0.3) is 0 Å². The second-order valence-corrected chi connectivity index (χ2v) is 3.51. The van der Waals surface area contributed by atoms with Crippen LogP contribution in [-0.2, 0) is 0 Å². The molecule has 2 heterocycles. The molecule has 2 rings (SSSR count). The van der Waals surface area contributed by atoms with E-state index in [9.17, 15) is 0 Å². The Morgan fingerprint density at radius 3 is 3.33 bits per heavy atom. The standard InChI is InChI=1S/C6H7ClN4S/c1-12-6-9-4-2-3-8-11(4)5(7)10-6/h2-3,6,9H,1H3. The minimum Gasteiger partial charge on any atom is -0.340 e. The van der Waals surface area contributed by atoms with Gasteiger partial charge in [-0.25, -0.2) is 4.99 Å². The van der Waals surface area contributed by atoms with Crippen LogP contribution in [0.15, 0.2) is 17.3 Å². The third-order valence-electron chi connectivity index (χ3n) is 1.54. The quantitative estimate of drug-likeness (QED) is 0.749. The van der Waals surface area contributed by atoms with Gasteiger partial charge in [0, 0.05) is 6.07 Å². The summed E-state index contributed by atoms with van der Waals surface area (Å²) in [6.45, 7) is 0. The number of thioether (sulfide) groups is 1. The second kappa shape index (κ2) is 2.99. The summed E-state index contributed by atoms with van der Waals surface area (Å²) in [7, 11) is 0. The molecule has 0 aromatic carbocycles. The van der Waals surface area contributed by atoms with Crippen LogP contribution < -0.4 is 5.32 Å². The molecular weight excluding hydrogens is 196 g/mol. The highest BCUT2D eigenvalue weighted by Crippen LogP contribution is 2.20. The largest absolute Gasteiger partial charge is 0.340 e. The first-order valence-electron chi connectivity index (χ1n) is 3.38. The number of aliphatic imine (C=N–C) groups is 1. The molecule has 6 heteroatoms.